The van der Waals surface area contributed by atoms with Gasteiger partial charge in [-0.3, -0.25) is 0 Å². The van der Waals surface area contributed by atoms with Crippen LogP contribution >= 0.6 is 11.3 Å². The van der Waals surface area contributed by atoms with E-state index in [2.05, 4.69) is 33.9 Å². The minimum atomic E-state index is -1.26. The Labute approximate surface area is 152 Å². The van der Waals surface area contributed by atoms with Crippen molar-refractivity contribution in [3.8, 4) is 0 Å². The van der Waals surface area contributed by atoms with E-state index < -0.39 is 11.9 Å². The Kier molecular flexibility index (Phi) is 5.23. The Morgan fingerprint density at radius 2 is 2.04 bits per heavy atom. The van der Waals surface area contributed by atoms with E-state index in [9.17, 15) is 9.59 Å². The van der Waals surface area contributed by atoms with Gasteiger partial charge in [0.25, 0.3) is 0 Å². The van der Waals surface area contributed by atoms with E-state index in [1.54, 1.807) is 17.5 Å². The molecule has 0 unspecified atom stereocenters. The summed E-state index contributed by atoms with van der Waals surface area (Å²) in [6.45, 7) is 0.813. The maximum atomic E-state index is 9.55. The van der Waals surface area contributed by atoms with Crippen molar-refractivity contribution >= 4 is 34.9 Å². The van der Waals surface area contributed by atoms with Crippen LogP contribution in [-0.2, 0) is 16.1 Å². The zero-order valence-corrected chi connectivity index (χ0v) is 14.4. The van der Waals surface area contributed by atoms with Crippen LogP contribution in [0.15, 0.2) is 54.7 Å². The summed E-state index contributed by atoms with van der Waals surface area (Å²) in [5.74, 6) is -2.51. The second kappa shape index (κ2) is 7.75. The third-order valence-electron chi connectivity index (χ3n) is 3.60. The topological polar surface area (TPSA) is 105 Å². The van der Waals surface area contributed by atoms with Crippen molar-refractivity contribution < 1.29 is 19.8 Å². The highest BCUT2D eigenvalue weighted by molar-refractivity contribution is 7.09. The molecular formula is C18H15N3O4S. The normalized spacial score (nSPS) is 14.2. The van der Waals surface area contributed by atoms with Gasteiger partial charge >= 0.3 is 11.9 Å². The zero-order chi connectivity index (χ0) is 18.5. The Balaban J connectivity index is 0.000000211. The average molecular weight is 369 g/mol. The number of carboxylic acid groups (broad SMARTS) is 2. The molecule has 4 rings (SSSR count). The van der Waals surface area contributed by atoms with Crippen molar-refractivity contribution in [1.29, 1.82) is 0 Å². The van der Waals surface area contributed by atoms with Crippen molar-refractivity contribution in [2.45, 2.75) is 13.0 Å². The average Bonchev–Trinajstić information content (AvgIpc) is 3.30. The number of aromatic nitrogens is 3. The molecule has 2 aromatic rings. The molecule has 0 bridgehead atoms. The molecule has 0 aromatic carbocycles. The SMILES string of the molecule is C1=CCC2=c3nc(Cn4ccnc4)sc3=CC2=C1.O=C(O)C=CC(=O)O. The first-order valence-electron chi connectivity index (χ1n) is 7.70. The van der Waals surface area contributed by atoms with Gasteiger partial charge in [-0.15, -0.1) is 11.3 Å². The van der Waals surface area contributed by atoms with Crippen LogP contribution in [0.25, 0.3) is 11.6 Å². The molecule has 2 heterocycles. The Hall–Kier alpha value is -3.26. The minimum Gasteiger partial charge on any atom is -0.478 e. The molecule has 0 fully saturated rings. The van der Waals surface area contributed by atoms with Crippen molar-refractivity contribution in [2.24, 2.45) is 0 Å². The summed E-state index contributed by atoms with van der Waals surface area (Å²) in [5.41, 5.74) is 2.71. The number of rotatable bonds is 4. The minimum absolute atomic E-state index is 0.558. The van der Waals surface area contributed by atoms with Gasteiger partial charge in [0, 0.05) is 24.5 Å². The second-order valence-corrected chi connectivity index (χ2v) is 6.56. The molecule has 8 heteroatoms. The van der Waals surface area contributed by atoms with Gasteiger partial charge in [0.1, 0.15) is 5.01 Å². The lowest BCUT2D eigenvalue weighted by Crippen LogP contribution is -2.19. The molecule has 0 amide bonds. The number of thiazole rings is 1. The first-order valence-corrected chi connectivity index (χ1v) is 8.52. The number of carbonyl (C=O) groups is 2. The fourth-order valence-corrected chi connectivity index (χ4v) is 3.58. The first kappa shape index (κ1) is 17.6. The summed E-state index contributed by atoms with van der Waals surface area (Å²) >= 11 is 1.78. The van der Waals surface area contributed by atoms with Crippen LogP contribution in [0.1, 0.15) is 11.4 Å². The van der Waals surface area contributed by atoms with Gasteiger partial charge in [-0.1, -0.05) is 18.2 Å². The van der Waals surface area contributed by atoms with Crippen LogP contribution in [0, 0.1) is 0 Å². The van der Waals surface area contributed by atoms with Gasteiger partial charge in [-0.25, -0.2) is 19.6 Å². The van der Waals surface area contributed by atoms with Crippen LogP contribution < -0.4 is 9.88 Å². The van der Waals surface area contributed by atoms with Gasteiger partial charge in [0.05, 0.1) is 22.8 Å². The molecule has 0 saturated heterocycles. The standard InChI is InChI=1S/C14H11N3S.C4H4O4/c1-2-4-11-10(3-1)7-12-14(11)16-13(18-12)8-17-6-5-15-9-17;5-3(6)1-2-4(7)8/h1-3,5-7,9H,4,8H2;1-2H,(H,5,6)(H,7,8). The summed E-state index contributed by atoms with van der Waals surface area (Å²) in [4.78, 5) is 27.9. The summed E-state index contributed by atoms with van der Waals surface area (Å²) < 4.78 is 3.35. The number of imidazole rings is 1. The summed E-state index contributed by atoms with van der Waals surface area (Å²) in [7, 11) is 0. The van der Waals surface area contributed by atoms with Crippen molar-refractivity contribution in [3.63, 3.8) is 0 Å². The Bertz CT molecular complexity index is 1030. The molecule has 132 valence electrons. The third kappa shape index (κ3) is 4.22. The van der Waals surface area contributed by atoms with Gasteiger partial charge < -0.3 is 14.8 Å². The first-order chi connectivity index (χ1) is 12.5. The molecule has 7 nitrogen and oxygen atoms in total. The molecule has 26 heavy (non-hydrogen) atoms. The molecule has 0 saturated carbocycles. The number of hydrogen-bond acceptors (Lipinski definition) is 5. The quantitative estimate of drug-likeness (QED) is 0.777. The van der Waals surface area contributed by atoms with Gasteiger partial charge in [0.2, 0.25) is 0 Å². The van der Waals surface area contributed by atoms with E-state index in [1.807, 2.05) is 12.5 Å². The number of allylic oxidation sites excluding steroid dienone is 4. The summed E-state index contributed by atoms with van der Waals surface area (Å²) in [6.07, 6.45) is 16.5. The predicted molar refractivity (Wildman–Crippen MR) is 96.8 cm³/mol. The van der Waals surface area contributed by atoms with Crippen molar-refractivity contribution in [3.05, 3.63) is 69.6 Å². The van der Waals surface area contributed by atoms with Crippen LogP contribution in [0.5, 0.6) is 0 Å². The Morgan fingerprint density at radius 3 is 2.69 bits per heavy atom. The number of carboxylic acids is 2. The second-order valence-electron chi connectivity index (χ2n) is 5.44. The smallest absolute Gasteiger partial charge is 0.328 e. The fourth-order valence-electron chi connectivity index (χ4n) is 2.52. The molecule has 2 aliphatic rings. The van der Waals surface area contributed by atoms with E-state index in [1.165, 1.54) is 21.0 Å². The number of fused-ring (bicyclic) bond motifs is 2. The van der Waals surface area contributed by atoms with Gasteiger partial charge in [-0.2, -0.15) is 0 Å². The highest BCUT2D eigenvalue weighted by atomic mass is 32.1. The molecule has 0 aliphatic heterocycles. The lowest BCUT2D eigenvalue weighted by molar-refractivity contribution is -0.134. The molecular weight excluding hydrogens is 354 g/mol. The van der Waals surface area contributed by atoms with Crippen LogP contribution in [-0.4, -0.2) is 36.7 Å². The van der Waals surface area contributed by atoms with Crippen LogP contribution in [0.4, 0.5) is 0 Å². The highest BCUT2D eigenvalue weighted by Gasteiger charge is 2.15. The molecule has 0 radical (unpaired) electrons. The molecule has 0 spiro atoms. The summed E-state index contributed by atoms with van der Waals surface area (Å²) in [5, 5.41) is 18.0. The predicted octanol–water partition coefficient (Wildman–Crippen LogP) is 0.931. The largest absolute Gasteiger partial charge is 0.478 e. The fraction of sp³-hybridized carbons (Fsp3) is 0.111. The van der Waals surface area contributed by atoms with Crippen LogP contribution in [0.3, 0.4) is 0 Å². The van der Waals surface area contributed by atoms with Crippen LogP contribution in [0.2, 0.25) is 0 Å². The molecule has 2 aliphatic carbocycles. The third-order valence-corrected chi connectivity index (χ3v) is 4.59. The molecule has 2 N–H and O–H groups in total. The van der Waals surface area contributed by atoms with E-state index in [0.717, 1.165) is 18.0 Å². The van der Waals surface area contributed by atoms with Crippen molar-refractivity contribution in [2.75, 3.05) is 0 Å². The molecule has 0 atom stereocenters. The van der Waals surface area contributed by atoms with Gasteiger partial charge in [-0.05, 0) is 23.6 Å². The monoisotopic (exact) mass is 369 g/mol. The van der Waals surface area contributed by atoms with E-state index >= 15 is 0 Å². The van der Waals surface area contributed by atoms with E-state index in [0.29, 0.717) is 12.2 Å². The highest BCUT2D eigenvalue weighted by Crippen LogP contribution is 2.23. The van der Waals surface area contributed by atoms with E-state index in [4.69, 9.17) is 15.2 Å². The summed E-state index contributed by atoms with van der Waals surface area (Å²) in [6, 6.07) is 0. The van der Waals surface area contributed by atoms with Crippen molar-refractivity contribution in [1.82, 2.24) is 14.5 Å². The maximum absolute atomic E-state index is 9.55. The zero-order valence-electron chi connectivity index (χ0n) is 13.6. The lowest BCUT2D eigenvalue weighted by atomic mass is 10.0. The maximum Gasteiger partial charge on any atom is 0.328 e. The van der Waals surface area contributed by atoms with Gasteiger partial charge in [0.15, 0.2) is 0 Å². The molecule has 2 aromatic heterocycles. The Morgan fingerprint density at radius 1 is 1.27 bits per heavy atom. The number of hydrogen-bond donors (Lipinski definition) is 2. The lowest BCUT2D eigenvalue weighted by Gasteiger charge is -2.04. The van der Waals surface area contributed by atoms with E-state index in [-0.39, 0.29) is 0 Å². The number of aliphatic carboxylic acids is 2. The number of nitrogens with zero attached hydrogens (tertiary/aromatic N) is 3.